The Kier molecular flexibility index (Phi) is 5.15. The quantitative estimate of drug-likeness (QED) is 0.843. The molecule has 0 radical (unpaired) electrons. The zero-order valence-corrected chi connectivity index (χ0v) is 13.7. The van der Waals surface area contributed by atoms with Crippen LogP contribution in [0.4, 0.5) is 5.82 Å². The number of anilines is 1. The maximum atomic E-state index is 12.5. The lowest BCUT2D eigenvalue weighted by atomic mass is 9.96. The third-order valence-corrected chi connectivity index (χ3v) is 3.34. The van der Waals surface area contributed by atoms with Gasteiger partial charge >= 0.3 is 5.97 Å². The second-order valence-electron chi connectivity index (χ2n) is 6.32. The van der Waals surface area contributed by atoms with Crippen LogP contribution in [0.15, 0.2) is 17.2 Å². The van der Waals surface area contributed by atoms with Gasteiger partial charge in [-0.15, -0.1) is 0 Å². The highest BCUT2D eigenvalue weighted by Gasteiger charge is 2.34. The largest absolute Gasteiger partial charge is 0.467 e. The van der Waals surface area contributed by atoms with Crippen LogP contribution in [0.3, 0.4) is 0 Å². The van der Waals surface area contributed by atoms with E-state index in [2.05, 4.69) is 10.3 Å². The minimum Gasteiger partial charge on any atom is -0.467 e. The first kappa shape index (κ1) is 17.2. The predicted molar refractivity (Wildman–Crippen MR) is 82.4 cm³/mol. The van der Waals surface area contributed by atoms with Crippen LogP contribution in [0.25, 0.3) is 0 Å². The van der Waals surface area contributed by atoms with Crippen LogP contribution in [0.2, 0.25) is 0 Å². The Hall–Kier alpha value is -1.85. The van der Waals surface area contributed by atoms with Crippen molar-refractivity contribution in [3.05, 3.63) is 22.7 Å². The standard InChI is InChI=1S/C15H25N3O3/c1-7-8-15(5,13(20)21-6)17-11-12(19)18(10-9-16-11)14(2,3)4/h9-10H,7-8H2,1-6H3,(H,16,17). The van der Waals surface area contributed by atoms with Crippen molar-refractivity contribution in [2.45, 2.75) is 58.5 Å². The normalized spacial score (nSPS) is 14.4. The smallest absolute Gasteiger partial charge is 0.331 e. The molecule has 1 rings (SSSR count). The molecule has 0 aliphatic carbocycles. The van der Waals surface area contributed by atoms with Crippen LogP contribution in [-0.2, 0) is 15.1 Å². The van der Waals surface area contributed by atoms with E-state index in [1.807, 2.05) is 27.7 Å². The first-order valence-electron chi connectivity index (χ1n) is 7.10. The zero-order valence-electron chi connectivity index (χ0n) is 13.7. The maximum Gasteiger partial charge on any atom is 0.331 e. The van der Waals surface area contributed by atoms with Crippen LogP contribution in [0.5, 0.6) is 0 Å². The van der Waals surface area contributed by atoms with Gasteiger partial charge in [0.2, 0.25) is 0 Å². The molecule has 0 fully saturated rings. The van der Waals surface area contributed by atoms with Crippen LogP contribution < -0.4 is 10.9 Å². The van der Waals surface area contributed by atoms with Gasteiger partial charge in [-0.3, -0.25) is 4.79 Å². The third-order valence-electron chi connectivity index (χ3n) is 3.34. The second kappa shape index (κ2) is 6.28. The molecule has 1 aromatic rings. The molecule has 0 spiro atoms. The molecule has 0 saturated heterocycles. The van der Waals surface area contributed by atoms with E-state index in [4.69, 9.17) is 4.74 Å². The lowest BCUT2D eigenvalue weighted by molar-refractivity contribution is -0.145. The summed E-state index contributed by atoms with van der Waals surface area (Å²) in [7, 11) is 1.34. The monoisotopic (exact) mass is 295 g/mol. The molecule has 1 atom stereocenters. The third kappa shape index (κ3) is 3.83. The van der Waals surface area contributed by atoms with E-state index in [0.717, 1.165) is 6.42 Å². The number of esters is 1. The number of nitrogens with zero attached hydrogens (tertiary/aromatic N) is 2. The summed E-state index contributed by atoms with van der Waals surface area (Å²) in [5.74, 6) is -0.245. The van der Waals surface area contributed by atoms with Gasteiger partial charge in [0.1, 0.15) is 5.54 Å². The van der Waals surface area contributed by atoms with Crippen molar-refractivity contribution in [2.24, 2.45) is 0 Å². The van der Waals surface area contributed by atoms with Crippen molar-refractivity contribution in [3.63, 3.8) is 0 Å². The SMILES string of the molecule is CCCC(C)(Nc1nccn(C(C)(C)C)c1=O)C(=O)OC. The van der Waals surface area contributed by atoms with Gasteiger partial charge in [0.05, 0.1) is 7.11 Å². The summed E-state index contributed by atoms with van der Waals surface area (Å²) >= 11 is 0. The Morgan fingerprint density at radius 3 is 2.48 bits per heavy atom. The second-order valence-corrected chi connectivity index (χ2v) is 6.32. The number of hydrogen-bond acceptors (Lipinski definition) is 5. The van der Waals surface area contributed by atoms with Crippen molar-refractivity contribution in [1.29, 1.82) is 0 Å². The Balaban J connectivity index is 3.23. The highest BCUT2D eigenvalue weighted by molar-refractivity contribution is 5.83. The average molecular weight is 295 g/mol. The average Bonchev–Trinajstić information content (AvgIpc) is 2.39. The van der Waals surface area contributed by atoms with E-state index in [1.54, 1.807) is 23.9 Å². The minimum atomic E-state index is -0.966. The van der Waals surface area contributed by atoms with Crippen molar-refractivity contribution in [2.75, 3.05) is 12.4 Å². The molecule has 0 amide bonds. The summed E-state index contributed by atoms with van der Waals surface area (Å²) in [5.41, 5.74) is -1.58. The van der Waals surface area contributed by atoms with Gasteiger partial charge in [-0.1, -0.05) is 13.3 Å². The molecule has 21 heavy (non-hydrogen) atoms. The Bertz CT molecular complexity index is 560. The molecule has 0 aromatic carbocycles. The lowest BCUT2D eigenvalue weighted by Gasteiger charge is -2.29. The topological polar surface area (TPSA) is 73.2 Å². The minimum absolute atomic E-state index is 0.161. The van der Waals surface area contributed by atoms with E-state index in [0.29, 0.717) is 6.42 Å². The van der Waals surface area contributed by atoms with Crippen molar-refractivity contribution >= 4 is 11.8 Å². The molecular formula is C15H25N3O3. The van der Waals surface area contributed by atoms with E-state index < -0.39 is 11.5 Å². The van der Waals surface area contributed by atoms with Crippen LogP contribution in [0.1, 0.15) is 47.5 Å². The number of ether oxygens (including phenoxy) is 1. The molecule has 6 heteroatoms. The molecule has 1 heterocycles. The molecule has 0 aliphatic heterocycles. The molecular weight excluding hydrogens is 270 g/mol. The first-order valence-corrected chi connectivity index (χ1v) is 7.10. The van der Waals surface area contributed by atoms with E-state index in [-0.39, 0.29) is 16.9 Å². The molecule has 1 unspecified atom stereocenters. The van der Waals surface area contributed by atoms with E-state index >= 15 is 0 Å². The van der Waals surface area contributed by atoms with E-state index in [1.165, 1.54) is 7.11 Å². The van der Waals surface area contributed by atoms with Crippen molar-refractivity contribution < 1.29 is 9.53 Å². The number of hydrogen-bond donors (Lipinski definition) is 1. The van der Waals surface area contributed by atoms with Crippen LogP contribution in [0, 0.1) is 0 Å². The Morgan fingerprint density at radius 2 is 2.00 bits per heavy atom. The number of methoxy groups -OCH3 is 1. The van der Waals surface area contributed by atoms with Gasteiger partial charge in [-0.05, 0) is 34.1 Å². The van der Waals surface area contributed by atoms with Gasteiger partial charge in [-0.25, -0.2) is 9.78 Å². The summed E-state index contributed by atoms with van der Waals surface area (Å²) in [6, 6.07) is 0. The van der Waals surface area contributed by atoms with Gasteiger partial charge in [0, 0.05) is 17.9 Å². The number of rotatable bonds is 5. The van der Waals surface area contributed by atoms with Gasteiger partial charge in [0.25, 0.3) is 5.56 Å². The molecule has 6 nitrogen and oxygen atoms in total. The van der Waals surface area contributed by atoms with Crippen LogP contribution >= 0.6 is 0 Å². The summed E-state index contributed by atoms with van der Waals surface area (Å²) in [5, 5.41) is 2.97. The summed E-state index contributed by atoms with van der Waals surface area (Å²) in [6.45, 7) is 9.49. The maximum absolute atomic E-state index is 12.5. The highest BCUT2D eigenvalue weighted by Crippen LogP contribution is 2.19. The Morgan fingerprint density at radius 1 is 1.38 bits per heavy atom. The van der Waals surface area contributed by atoms with Gasteiger partial charge < -0.3 is 14.6 Å². The van der Waals surface area contributed by atoms with Gasteiger partial charge in [0.15, 0.2) is 5.82 Å². The fourth-order valence-corrected chi connectivity index (χ4v) is 2.23. The lowest BCUT2D eigenvalue weighted by Crippen LogP contribution is -2.47. The number of aromatic nitrogens is 2. The first-order chi connectivity index (χ1) is 9.65. The number of carbonyl (C=O) groups is 1. The predicted octanol–water partition coefficient (Wildman–Crippen LogP) is 2.14. The van der Waals surface area contributed by atoms with Crippen molar-refractivity contribution in [1.82, 2.24) is 9.55 Å². The molecule has 0 bridgehead atoms. The summed E-state index contributed by atoms with van der Waals surface area (Å²) in [6.07, 6.45) is 4.52. The number of carbonyl (C=O) groups excluding carboxylic acids is 1. The molecule has 0 saturated carbocycles. The Labute approximate surface area is 125 Å². The summed E-state index contributed by atoms with van der Waals surface area (Å²) in [4.78, 5) is 28.6. The molecule has 1 N–H and O–H groups in total. The fourth-order valence-electron chi connectivity index (χ4n) is 2.23. The molecule has 1 aromatic heterocycles. The van der Waals surface area contributed by atoms with Crippen molar-refractivity contribution in [3.8, 4) is 0 Å². The highest BCUT2D eigenvalue weighted by atomic mass is 16.5. The zero-order chi connectivity index (χ0) is 16.3. The van der Waals surface area contributed by atoms with E-state index in [9.17, 15) is 9.59 Å². The van der Waals surface area contributed by atoms with Gasteiger partial charge in [-0.2, -0.15) is 0 Å². The molecule has 0 aliphatic rings. The summed E-state index contributed by atoms with van der Waals surface area (Å²) < 4.78 is 6.43. The molecule has 118 valence electrons. The fraction of sp³-hybridized carbons (Fsp3) is 0.667. The number of nitrogens with one attached hydrogen (secondary N) is 1. The van der Waals surface area contributed by atoms with Crippen LogP contribution in [-0.4, -0.2) is 28.2 Å².